The molecule has 1 aromatic carbocycles. The third-order valence-electron chi connectivity index (χ3n) is 2.70. The molecule has 1 N–H and O–H groups in total. The van der Waals surface area contributed by atoms with Gasteiger partial charge < -0.3 is 5.32 Å². The van der Waals surface area contributed by atoms with Crippen LogP contribution in [-0.4, -0.2) is 9.91 Å². The van der Waals surface area contributed by atoms with Crippen LogP contribution in [0.5, 0.6) is 0 Å². The molecule has 1 aromatic heterocycles. The molecule has 0 amide bonds. The number of benzene rings is 1. The van der Waals surface area contributed by atoms with Crippen molar-refractivity contribution in [3.8, 4) is 0 Å². The van der Waals surface area contributed by atoms with Gasteiger partial charge >= 0.3 is 0 Å². The van der Waals surface area contributed by atoms with E-state index in [4.69, 9.17) is 11.6 Å². The lowest BCUT2D eigenvalue weighted by Gasteiger charge is -2.11. The first-order chi connectivity index (χ1) is 9.49. The Morgan fingerprint density at radius 1 is 1.40 bits per heavy atom. The molecule has 0 radical (unpaired) electrons. The second-order valence-electron chi connectivity index (χ2n) is 4.07. The van der Waals surface area contributed by atoms with Gasteiger partial charge in [0.1, 0.15) is 11.0 Å². The van der Waals surface area contributed by atoms with Crippen LogP contribution in [0.3, 0.4) is 0 Å². The van der Waals surface area contributed by atoms with Gasteiger partial charge in [-0.05, 0) is 30.2 Å². The molecule has 0 aliphatic carbocycles. The van der Waals surface area contributed by atoms with Gasteiger partial charge in [0.05, 0.1) is 17.1 Å². The van der Waals surface area contributed by atoms with Crippen molar-refractivity contribution in [2.45, 2.75) is 13.3 Å². The van der Waals surface area contributed by atoms with E-state index in [-0.39, 0.29) is 10.8 Å². The van der Waals surface area contributed by atoms with Crippen molar-refractivity contribution in [1.29, 1.82) is 0 Å². The van der Waals surface area contributed by atoms with Crippen molar-refractivity contribution in [2.24, 2.45) is 0 Å². The van der Waals surface area contributed by atoms with Crippen LogP contribution >= 0.6 is 27.5 Å². The Morgan fingerprint density at radius 2 is 2.15 bits per heavy atom. The average molecular weight is 357 g/mol. The van der Waals surface area contributed by atoms with Gasteiger partial charge in [-0.1, -0.05) is 34.5 Å². The molecule has 2 aromatic rings. The van der Waals surface area contributed by atoms with Crippen molar-refractivity contribution in [2.75, 3.05) is 5.32 Å². The Hall–Kier alpha value is -1.66. The number of nitrogens with one attached hydrogen (secondary N) is 1. The fourth-order valence-corrected chi connectivity index (χ4v) is 2.38. The van der Waals surface area contributed by atoms with Crippen LogP contribution in [0, 0.1) is 10.1 Å². The van der Waals surface area contributed by atoms with Crippen LogP contribution in [-0.2, 0) is 6.42 Å². The van der Waals surface area contributed by atoms with Crippen LogP contribution < -0.4 is 5.32 Å². The molecule has 1 heterocycles. The van der Waals surface area contributed by atoms with Gasteiger partial charge in [-0.2, -0.15) is 0 Å². The highest BCUT2D eigenvalue weighted by Crippen LogP contribution is 2.27. The summed E-state index contributed by atoms with van der Waals surface area (Å²) in [7, 11) is 0. The van der Waals surface area contributed by atoms with Crippen molar-refractivity contribution in [3.05, 3.63) is 55.6 Å². The standard InChI is InChI=1S/C13H11BrClN3O2/c1-2-8-5-9(14)3-4-11(8)16-13-7-10(18(19)20)6-12(15)17-13/h3-7H,2H2,1H3,(H,16,17). The fraction of sp³-hybridized carbons (Fsp3) is 0.154. The molecule has 0 saturated carbocycles. The van der Waals surface area contributed by atoms with Crippen molar-refractivity contribution < 1.29 is 4.92 Å². The highest BCUT2D eigenvalue weighted by atomic mass is 79.9. The SMILES string of the molecule is CCc1cc(Br)ccc1Nc1cc([N+](=O)[O-])cc(Cl)n1. The van der Waals surface area contributed by atoms with Crippen LogP contribution in [0.25, 0.3) is 0 Å². The molecular weight excluding hydrogens is 346 g/mol. The number of aryl methyl sites for hydroxylation is 1. The van der Waals surface area contributed by atoms with Crippen LogP contribution in [0.4, 0.5) is 17.2 Å². The monoisotopic (exact) mass is 355 g/mol. The number of anilines is 2. The van der Waals surface area contributed by atoms with E-state index in [0.717, 1.165) is 22.1 Å². The number of aromatic nitrogens is 1. The summed E-state index contributed by atoms with van der Waals surface area (Å²) in [5.41, 5.74) is 1.83. The minimum absolute atomic E-state index is 0.0804. The minimum Gasteiger partial charge on any atom is -0.340 e. The molecule has 0 aliphatic heterocycles. The van der Waals surface area contributed by atoms with E-state index in [0.29, 0.717) is 5.82 Å². The van der Waals surface area contributed by atoms with E-state index < -0.39 is 4.92 Å². The fourth-order valence-electron chi connectivity index (χ4n) is 1.77. The van der Waals surface area contributed by atoms with Crippen LogP contribution in [0.15, 0.2) is 34.8 Å². The maximum atomic E-state index is 10.8. The van der Waals surface area contributed by atoms with E-state index >= 15 is 0 Å². The third kappa shape index (κ3) is 3.46. The van der Waals surface area contributed by atoms with Gasteiger partial charge in [0.2, 0.25) is 0 Å². The van der Waals surface area contributed by atoms with E-state index in [1.165, 1.54) is 12.1 Å². The Bertz CT molecular complexity index is 664. The number of hydrogen-bond donors (Lipinski definition) is 1. The highest BCUT2D eigenvalue weighted by Gasteiger charge is 2.11. The van der Waals surface area contributed by atoms with E-state index in [1.54, 1.807) is 0 Å². The molecule has 0 spiro atoms. The number of hydrogen-bond acceptors (Lipinski definition) is 4. The van der Waals surface area contributed by atoms with Crippen LogP contribution in [0.1, 0.15) is 12.5 Å². The molecular formula is C13H11BrClN3O2. The Morgan fingerprint density at radius 3 is 2.80 bits per heavy atom. The number of rotatable bonds is 4. The molecule has 0 atom stereocenters. The summed E-state index contributed by atoms with van der Waals surface area (Å²) in [5.74, 6) is 0.348. The molecule has 0 fully saturated rings. The summed E-state index contributed by atoms with van der Waals surface area (Å²) in [6.07, 6.45) is 0.824. The van der Waals surface area contributed by atoms with Gasteiger partial charge in [-0.3, -0.25) is 10.1 Å². The smallest absolute Gasteiger partial charge is 0.276 e. The zero-order valence-electron chi connectivity index (χ0n) is 10.6. The number of nitro groups is 1. The van der Waals surface area contributed by atoms with Gasteiger partial charge in [-0.25, -0.2) is 4.98 Å². The normalized spacial score (nSPS) is 10.3. The first-order valence-corrected chi connectivity index (χ1v) is 7.04. The zero-order valence-corrected chi connectivity index (χ0v) is 12.9. The number of pyridine rings is 1. The molecule has 7 heteroatoms. The average Bonchev–Trinajstić information content (AvgIpc) is 2.40. The molecule has 0 bridgehead atoms. The third-order valence-corrected chi connectivity index (χ3v) is 3.39. The summed E-state index contributed by atoms with van der Waals surface area (Å²) in [6.45, 7) is 2.03. The summed E-state index contributed by atoms with van der Waals surface area (Å²) in [5, 5.41) is 14.0. The summed E-state index contributed by atoms with van der Waals surface area (Å²) >= 11 is 9.21. The lowest BCUT2D eigenvalue weighted by molar-refractivity contribution is -0.384. The van der Waals surface area contributed by atoms with E-state index in [1.807, 2.05) is 25.1 Å². The molecule has 2 rings (SSSR count). The second kappa shape index (κ2) is 6.19. The van der Waals surface area contributed by atoms with E-state index in [2.05, 4.69) is 26.2 Å². The summed E-state index contributed by atoms with van der Waals surface area (Å²) < 4.78 is 0.977. The van der Waals surface area contributed by atoms with Gasteiger partial charge in [0, 0.05) is 10.2 Å². The topological polar surface area (TPSA) is 68.1 Å². The quantitative estimate of drug-likeness (QED) is 0.489. The zero-order chi connectivity index (χ0) is 14.7. The Labute approximate surface area is 129 Å². The first-order valence-electron chi connectivity index (χ1n) is 5.87. The highest BCUT2D eigenvalue weighted by molar-refractivity contribution is 9.10. The first kappa shape index (κ1) is 14.7. The van der Waals surface area contributed by atoms with Crippen LogP contribution in [0.2, 0.25) is 5.15 Å². The summed E-state index contributed by atoms with van der Waals surface area (Å²) in [6, 6.07) is 8.33. The summed E-state index contributed by atoms with van der Waals surface area (Å²) in [4.78, 5) is 14.4. The maximum absolute atomic E-state index is 10.8. The van der Waals surface area contributed by atoms with Gasteiger partial charge in [-0.15, -0.1) is 0 Å². The Balaban J connectivity index is 2.37. The molecule has 20 heavy (non-hydrogen) atoms. The largest absolute Gasteiger partial charge is 0.340 e. The maximum Gasteiger partial charge on any atom is 0.276 e. The predicted molar refractivity (Wildman–Crippen MR) is 82.7 cm³/mol. The molecule has 0 saturated heterocycles. The number of halogens is 2. The lowest BCUT2D eigenvalue weighted by Crippen LogP contribution is -1.99. The minimum atomic E-state index is -0.499. The lowest BCUT2D eigenvalue weighted by atomic mass is 10.1. The van der Waals surface area contributed by atoms with E-state index in [9.17, 15) is 10.1 Å². The molecule has 0 aliphatic rings. The van der Waals surface area contributed by atoms with Crippen molar-refractivity contribution >= 4 is 44.7 Å². The van der Waals surface area contributed by atoms with Gasteiger partial charge in [0.25, 0.3) is 5.69 Å². The molecule has 0 unspecified atom stereocenters. The molecule has 104 valence electrons. The van der Waals surface area contributed by atoms with Crippen molar-refractivity contribution in [1.82, 2.24) is 4.98 Å². The molecule has 5 nitrogen and oxygen atoms in total. The van der Waals surface area contributed by atoms with Gasteiger partial charge in [0.15, 0.2) is 0 Å². The number of nitrogens with zero attached hydrogens (tertiary/aromatic N) is 2. The predicted octanol–water partition coefficient (Wildman–Crippen LogP) is 4.71. The van der Waals surface area contributed by atoms with Crippen molar-refractivity contribution in [3.63, 3.8) is 0 Å². The Kier molecular flexibility index (Phi) is 4.57. The second-order valence-corrected chi connectivity index (χ2v) is 5.37.